The molecule has 4 N–H and O–H groups in total. The monoisotopic (exact) mass is 371 g/mol. The van der Waals surface area contributed by atoms with Gasteiger partial charge in [-0.1, -0.05) is 0 Å². The van der Waals surface area contributed by atoms with E-state index in [1.165, 1.54) is 24.5 Å². The molecule has 0 saturated carbocycles. The minimum Gasteiger partial charge on any atom is -0.478 e. The average molecular weight is 372 g/mol. The lowest BCUT2D eigenvalue weighted by Crippen LogP contribution is -2.15. The summed E-state index contributed by atoms with van der Waals surface area (Å²) in [5, 5.41) is 8.84. The van der Waals surface area contributed by atoms with Crippen molar-refractivity contribution in [1.29, 1.82) is 0 Å². The molecule has 1 heterocycles. The number of halogens is 1. The Balaban J connectivity index is 2.41. The highest BCUT2D eigenvalue weighted by molar-refractivity contribution is 9.10. The van der Waals surface area contributed by atoms with Crippen molar-refractivity contribution in [3.8, 4) is 0 Å². The highest BCUT2D eigenvalue weighted by Gasteiger charge is 2.20. The molecule has 0 saturated heterocycles. The predicted octanol–water partition coefficient (Wildman–Crippen LogP) is 1.93. The Morgan fingerprint density at radius 2 is 2.05 bits per heavy atom. The van der Waals surface area contributed by atoms with E-state index in [9.17, 15) is 13.2 Å². The van der Waals surface area contributed by atoms with E-state index in [2.05, 4.69) is 25.6 Å². The van der Waals surface area contributed by atoms with Crippen LogP contribution in [-0.2, 0) is 10.0 Å². The number of hydrogen-bond donors (Lipinski definition) is 3. The molecule has 7 nitrogen and oxygen atoms in total. The molecule has 0 aliphatic heterocycles. The molecule has 0 amide bonds. The number of nitrogens with two attached hydrogens (primary N) is 1. The molecule has 0 unspecified atom stereocenters. The van der Waals surface area contributed by atoms with E-state index >= 15 is 0 Å². The van der Waals surface area contributed by atoms with E-state index in [1.54, 1.807) is 0 Å². The van der Waals surface area contributed by atoms with E-state index in [0.717, 1.165) is 12.1 Å². The van der Waals surface area contributed by atoms with Crippen LogP contribution in [0, 0.1) is 0 Å². The lowest BCUT2D eigenvalue weighted by atomic mass is 10.2. The lowest BCUT2D eigenvalue weighted by molar-refractivity contribution is 0.0697. The summed E-state index contributed by atoms with van der Waals surface area (Å²) in [6, 6.07) is 4.90. The van der Waals surface area contributed by atoms with E-state index in [1.807, 2.05) is 0 Å². The number of nitrogen functional groups attached to an aromatic ring is 1. The lowest BCUT2D eigenvalue weighted by Gasteiger charge is -2.11. The first kappa shape index (κ1) is 15.3. The molecule has 0 aliphatic carbocycles. The molecule has 0 radical (unpaired) electrons. The van der Waals surface area contributed by atoms with Crippen LogP contribution in [0.15, 0.2) is 46.0 Å². The van der Waals surface area contributed by atoms with Gasteiger partial charge < -0.3 is 10.8 Å². The number of benzene rings is 1. The normalized spacial score (nSPS) is 11.1. The van der Waals surface area contributed by atoms with Gasteiger partial charge in [-0.3, -0.25) is 9.71 Å². The molecule has 0 bridgehead atoms. The van der Waals surface area contributed by atoms with Crippen LogP contribution >= 0.6 is 15.9 Å². The van der Waals surface area contributed by atoms with Gasteiger partial charge in [0.2, 0.25) is 0 Å². The summed E-state index contributed by atoms with van der Waals surface area (Å²) in [5.74, 6) is -1.18. The van der Waals surface area contributed by atoms with E-state index in [0.29, 0.717) is 10.2 Å². The second-order valence-electron chi connectivity index (χ2n) is 4.02. The van der Waals surface area contributed by atoms with E-state index < -0.39 is 16.0 Å². The smallest absolute Gasteiger partial charge is 0.335 e. The third-order valence-corrected chi connectivity index (χ3v) is 4.63. The second-order valence-corrected chi connectivity index (χ2v) is 6.52. The van der Waals surface area contributed by atoms with Gasteiger partial charge in [0.25, 0.3) is 10.0 Å². The molecule has 1 aromatic carbocycles. The zero-order valence-electron chi connectivity index (χ0n) is 10.4. The van der Waals surface area contributed by atoms with E-state index in [-0.39, 0.29) is 16.1 Å². The number of nitrogens with zero attached hydrogens (tertiary/aromatic N) is 1. The van der Waals surface area contributed by atoms with E-state index in [4.69, 9.17) is 10.8 Å². The van der Waals surface area contributed by atoms with Crippen molar-refractivity contribution in [3.05, 3.63) is 46.7 Å². The van der Waals surface area contributed by atoms with Crippen molar-refractivity contribution in [2.45, 2.75) is 4.90 Å². The van der Waals surface area contributed by atoms with Gasteiger partial charge in [0.15, 0.2) is 0 Å². The van der Waals surface area contributed by atoms with Gasteiger partial charge in [0.1, 0.15) is 4.90 Å². The van der Waals surface area contributed by atoms with Crippen molar-refractivity contribution >= 4 is 43.3 Å². The number of sulfonamides is 1. The minimum atomic E-state index is -3.93. The predicted molar refractivity (Wildman–Crippen MR) is 80.6 cm³/mol. The molecular formula is C12H10BrN3O4S. The number of carboxylic acids is 1. The fourth-order valence-electron chi connectivity index (χ4n) is 1.58. The maximum Gasteiger partial charge on any atom is 0.335 e. The number of carboxylic acid groups (broad SMARTS) is 1. The van der Waals surface area contributed by atoms with Crippen molar-refractivity contribution < 1.29 is 18.3 Å². The molecule has 1 aromatic heterocycles. The topological polar surface area (TPSA) is 122 Å². The summed E-state index contributed by atoms with van der Waals surface area (Å²) in [6.07, 6.45) is 2.87. The van der Waals surface area contributed by atoms with Crippen LogP contribution in [-0.4, -0.2) is 24.5 Å². The molecular weight excluding hydrogens is 362 g/mol. The Bertz CT molecular complexity index is 808. The van der Waals surface area contributed by atoms with Crippen molar-refractivity contribution in [2.75, 3.05) is 10.5 Å². The fraction of sp³-hybridized carbons (Fsp3) is 0. The number of hydrogen-bond acceptors (Lipinski definition) is 5. The van der Waals surface area contributed by atoms with Crippen molar-refractivity contribution in [2.24, 2.45) is 0 Å². The molecule has 0 atom stereocenters. The van der Waals surface area contributed by atoms with Crippen molar-refractivity contribution in [1.82, 2.24) is 4.98 Å². The number of pyridine rings is 1. The summed E-state index contributed by atoms with van der Waals surface area (Å²) < 4.78 is 27.4. The summed E-state index contributed by atoms with van der Waals surface area (Å²) >= 11 is 3.17. The Labute approximate surface area is 129 Å². The Morgan fingerprint density at radius 3 is 2.62 bits per heavy atom. The number of aromatic carboxylic acids is 1. The molecule has 2 aromatic rings. The number of aromatic nitrogens is 1. The summed E-state index contributed by atoms with van der Waals surface area (Å²) in [6.45, 7) is 0. The Kier molecular flexibility index (Phi) is 4.14. The van der Waals surface area contributed by atoms with Gasteiger partial charge in [0, 0.05) is 12.4 Å². The molecule has 0 fully saturated rings. The quantitative estimate of drug-likeness (QED) is 0.705. The largest absolute Gasteiger partial charge is 0.478 e. The zero-order valence-corrected chi connectivity index (χ0v) is 12.8. The van der Waals surface area contributed by atoms with Crippen LogP contribution in [0.5, 0.6) is 0 Å². The van der Waals surface area contributed by atoms with Gasteiger partial charge in [-0.25, -0.2) is 13.2 Å². The number of anilines is 2. The number of carbonyl (C=O) groups is 1. The second kappa shape index (κ2) is 5.70. The summed E-state index contributed by atoms with van der Waals surface area (Å²) in [5.41, 5.74) is 5.70. The van der Waals surface area contributed by atoms with Gasteiger partial charge in [-0.05, 0) is 40.2 Å². The highest BCUT2D eigenvalue weighted by atomic mass is 79.9. The number of rotatable bonds is 4. The summed E-state index contributed by atoms with van der Waals surface area (Å²) in [4.78, 5) is 14.4. The number of nitrogens with one attached hydrogen (secondary N) is 1. The average Bonchev–Trinajstić information content (AvgIpc) is 2.40. The van der Waals surface area contributed by atoms with Gasteiger partial charge in [0.05, 0.1) is 21.4 Å². The Morgan fingerprint density at radius 1 is 1.33 bits per heavy atom. The van der Waals surface area contributed by atoms with Crippen LogP contribution in [0.1, 0.15) is 10.4 Å². The van der Waals surface area contributed by atoms with Crippen LogP contribution < -0.4 is 10.5 Å². The molecule has 110 valence electrons. The molecule has 2 rings (SSSR count). The maximum absolute atomic E-state index is 12.3. The standard InChI is InChI=1S/C12H10BrN3O4S/c13-8-6-15-4-3-10(8)16-21(19,20)11-2-1-7(12(17)18)5-9(11)14/h1-6H,14H2,(H,15,16)(H,17,18). The van der Waals surface area contributed by atoms with Gasteiger partial charge >= 0.3 is 5.97 Å². The third-order valence-electron chi connectivity index (χ3n) is 2.56. The van der Waals surface area contributed by atoms with Crippen molar-refractivity contribution in [3.63, 3.8) is 0 Å². The maximum atomic E-state index is 12.3. The van der Waals surface area contributed by atoms with Gasteiger partial charge in [-0.2, -0.15) is 0 Å². The van der Waals surface area contributed by atoms with Crippen LogP contribution in [0.2, 0.25) is 0 Å². The Hall–Kier alpha value is -2.13. The fourth-order valence-corrected chi connectivity index (χ4v) is 3.26. The van der Waals surface area contributed by atoms with Gasteiger partial charge in [-0.15, -0.1) is 0 Å². The highest BCUT2D eigenvalue weighted by Crippen LogP contribution is 2.26. The zero-order chi connectivity index (χ0) is 15.6. The van der Waals surface area contributed by atoms with Crippen LogP contribution in [0.3, 0.4) is 0 Å². The molecule has 0 spiro atoms. The van der Waals surface area contributed by atoms with Crippen LogP contribution in [0.4, 0.5) is 11.4 Å². The minimum absolute atomic E-state index is 0.0865. The summed E-state index contributed by atoms with van der Waals surface area (Å²) in [7, 11) is -3.93. The molecule has 0 aliphatic rings. The van der Waals surface area contributed by atoms with Crippen LogP contribution in [0.25, 0.3) is 0 Å². The third kappa shape index (κ3) is 3.31. The first-order chi connectivity index (χ1) is 9.81. The molecule has 21 heavy (non-hydrogen) atoms. The first-order valence-electron chi connectivity index (χ1n) is 5.56. The SMILES string of the molecule is Nc1cc(C(=O)O)ccc1S(=O)(=O)Nc1ccncc1Br. The molecule has 9 heteroatoms. The first-order valence-corrected chi connectivity index (χ1v) is 7.84.